The molecule has 1 saturated heterocycles. The Labute approximate surface area is 169 Å². The first-order valence-electron chi connectivity index (χ1n) is 9.82. The van der Waals surface area contributed by atoms with Gasteiger partial charge >= 0.3 is 0 Å². The highest BCUT2D eigenvalue weighted by molar-refractivity contribution is 7.12. The zero-order valence-electron chi connectivity index (χ0n) is 16.0. The third-order valence-corrected chi connectivity index (χ3v) is 6.14. The van der Waals surface area contributed by atoms with E-state index in [1.54, 1.807) is 11.3 Å². The number of hydrogen-bond donors (Lipinski definition) is 1. The molecule has 3 heterocycles. The van der Waals surface area contributed by atoms with Crippen molar-refractivity contribution in [3.63, 3.8) is 0 Å². The lowest BCUT2D eigenvalue weighted by atomic mass is 10.00. The third-order valence-electron chi connectivity index (χ3n) is 5.25. The minimum absolute atomic E-state index is 0.212. The summed E-state index contributed by atoms with van der Waals surface area (Å²) in [4.78, 5) is 22.4. The van der Waals surface area contributed by atoms with Crippen LogP contribution in [0.5, 0.6) is 0 Å². The van der Waals surface area contributed by atoms with Crippen LogP contribution in [-0.2, 0) is 16.0 Å². The molecule has 2 N–H and O–H groups in total. The van der Waals surface area contributed by atoms with Crippen molar-refractivity contribution in [2.45, 2.75) is 19.3 Å². The van der Waals surface area contributed by atoms with Crippen molar-refractivity contribution in [1.29, 1.82) is 0 Å². The Hall–Kier alpha value is -2.22. The number of amidine groups is 1. The standard InChI is InChI=1S/C21H26N4O2S/c22-21(19-3-1-14-28-19)23-17-5-6-18-16(15-17)4-7-20(26)25(18)9-2-8-24-10-12-27-13-11-24/h1,3,5-6,14-15H,2,4,7-13H2,(H2,22,23). The van der Waals surface area contributed by atoms with E-state index in [0.29, 0.717) is 12.3 Å². The molecule has 4 rings (SSSR count). The van der Waals surface area contributed by atoms with Gasteiger partial charge in [0, 0.05) is 38.3 Å². The summed E-state index contributed by atoms with van der Waals surface area (Å²) < 4.78 is 5.40. The number of aryl methyl sites for hydroxylation is 1. The number of morpholine rings is 1. The SMILES string of the molecule is NC(=Nc1ccc2c(c1)CCC(=O)N2CCCN1CCOCC1)c1cccs1. The monoisotopic (exact) mass is 398 g/mol. The van der Waals surface area contributed by atoms with Gasteiger partial charge in [0.2, 0.25) is 5.91 Å². The summed E-state index contributed by atoms with van der Waals surface area (Å²) in [6.07, 6.45) is 2.28. The second-order valence-electron chi connectivity index (χ2n) is 7.14. The largest absolute Gasteiger partial charge is 0.383 e. The van der Waals surface area contributed by atoms with Gasteiger partial charge in [0.15, 0.2) is 0 Å². The minimum atomic E-state index is 0.212. The van der Waals surface area contributed by atoms with Crippen LogP contribution in [0.2, 0.25) is 0 Å². The summed E-state index contributed by atoms with van der Waals surface area (Å²) in [5.74, 6) is 0.744. The molecule has 1 aromatic heterocycles. The Morgan fingerprint density at radius 3 is 2.82 bits per heavy atom. The predicted molar refractivity (Wildman–Crippen MR) is 114 cm³/mol. The van der Waals surface area contributed by atoms with Gasteiger partial charge in [-0.1, -0.05) is 6.07 Å². The van der Waals surface area contributed by atoms with Gasteiger partial charge in [0.25, 0.3) is 0 Å². The van der Waals surface area contributed by atoms with Gasteiger partial charge in [-0.05, 0) is 48.1 Å². The highest BCUT2D eigenvalue weighted by Crippen LogP contribution is 2.31. The van der Waals surface area contributed by atoms with Crippen molar-refractivity contribution in [3.05, 3.63) is 46.2 Å². The summed E-state index contributed by atoms with van der Waals surface area (Å²) in [7, 11) is 0. The number of thiophene rings is 1. The topological polar surface area (TPSA) is 71.2 Å². The number of nitrogens with two attached hydrogens (primary N) is 1. The summed E-state index contributed by atoms with van der Waals surface area (Å²) in [5.41, 5.74) is 9.15. The van der Waals surface area contributed by atoms with Crippen molar-refractivity contribution in [3.8, 4) is 0 Å². The number of fused-ring (bicyclic) bond motifs is 1. The maximum atomic E-state index is 12.5. The van der Waals surface area contributed by atoms with Gasteiger partial charge in [0.1, 0.15) is 5.84 Å². The summed E-state index contributed by atoms with van der Waals surface area (Å²) in [5, 5.41) is 1.99. The fraction of sp³-hybridized carbons (Fsp3) is 0.429. The average molecular weight is 399 g/mol. The Morgan fingerprint density at radius 1 is 1.18 bits per heavy atom. The van der Waals surface area contributed by atoms with Crippen LogP contribution in [0.1, 0.15) is 23.3 Å². The molecular weight excluding hydrogens is 372 g/mol. The van der Waals surface area contributed by atoms with Crippen molar-refractivity contribution in [1.82, 2.24) is 4.90 Å². The lowest BCUT2D eigenvalue weighted by Gasteiger charge is -2.31. The Balaban J connectivity index is 1.44. The number of rotatable bonds is 6. The van der Waals surface area contributed by atoms with Crippen LogP contribution in [0.4, 0.5) is 11.4 Å². The number of carbonyl (C=O) groups excluding carboxylic acids is 1. The number of amides is 1. The summed E-state index contributed by atoms with van der Waals surface area (Å²) in [6, 6.07) is 9.97. The van der Waals surface area contributed by atoms with Crippen LogP contribution in [0.3, 0.4) is 0 Å². The fourth-order valence-corrected chi connectivity index (χ4v) is 4.38. The molecule has 0 aliphatic carbocycles. The smallest absolute Gasteiger partial charge is 0.227 e. The normalized spacial score (nSPS) is 18.4. The molecule has 1 aromatic carbocycles. The molecule has 0 bridgehead atoms. The van der Waals surface area contributed by atoms with Crippen LogP contribution >= 0.6 is 11.3 Å². The second kappa shape index (κ2) is 8.86. The molecule has 0 saturated carbocycles. The van der Waals surface area contributed by atoms with E-state index in [9.17, 15) is 4.79 Å². The maximum Gasteiger partial charge on any atom is 0.227 e. The first kappa shape index (κ1) is 19.1. The number of nitrogens with zero attached hydrogens (tertiary/aromatic N) is 3. The van der Waals surface area contributed by atoms with E-state index < -0.39 is 0 Å². The molecule has 2 aromatic rings. The van der Waals surface area contributed by atoms with Crippen molar-refractivity contribution < 1.29 is 9.53 Å². The van der Waals surface area contributed by atoms with Crippen LogP contribution in [0.15, 0.2) is 40.7 Å². The molecule has 2 aliphatic heterocycles. The fourth-order valence-electron chi connectivity index (χ4n) is 3.76. The second-order valence-corrected chi connectivity index (χ2v) is 8.09. The summed E-state index contributed by atoms with van der Waals surface area (Å²) in [6.45, 7) is 5.34. The van der Waals surface area contributed by atoms with E-state index in [-0.39, 0.29) is 5.91 Å². The molecule has 0 spiro atoms. The molecule has 1 fully saturated rings. The van der Waals surface area contributed by atoms with Crippen LogP contribution in [0.25, 0.3) is 0 Å². The van der Waals surface area contributed by atoms with E-state index in [1.807, 2.05) is 34.5 Å². The van der Waals surface area contributed by atoms with Crippen LogP contribution < -0.4 is 10.6 Å². The lowest BCUT2D eigenvalue weighted by Crippen LogP contribution is -2.40. The number of hydrogen-bond acceptors (Lipinski definition) is 5. The Bertz CT molecular complexity index is 844. The first-order chi connectivity index (χ1) is 13.7. The Morgan fingerprint density at radius 2 is 2.04 bits per heavy atom. The molecule has 2 aliphatic rings. The van der Waals surface area contributed by atoms with Gasteiger partial charge in [0.05, 0.1) is 23.8 Å². The van der Waals surface area contributed by atoms with E-state index in [2.05, 4.69) is 16.0 Å². The molecular formula is C21H26N4O2S. The third kappa shape index (κ3) is 4.43. The van der Waals surface area contributed by atoms with Gasteiger partial charge in [-0.3, -0.25) is 9.69 Å². The number of benzene rings is 1. The van der Waals surface area contributed by atoms with E-state index >= 15 is 0 Å². The number of anilines is 1. The molecule has 0 unspecified atom stereocenters. The molecule has 0 radical (unpaired) electrons. The molecule has 0 atom stereocenters. The van der Waals surface area contributed by atoms with Gasteiger partial charge in [-0.2, -0.15) is 0 Å². The van der Waals surface area contributed by atoms with Crippen molar-refractivity contribution >= 4 is 34.5 Å². The molecule has 148 valence electrons. The highest BCUT2D eigenvalue weighted by atomic mass is 32.1. The van der Waals surface area contributed by atoms with Crippen LogP contribution in [0, 0.1) is 0 Å². The lowest BCUT2D eigenvalue weighted by molar-refractivity contribution is -0.118. The van der Waals surface area contributed by atoms with Gasteiger partial charge in [-0.15, -0.1) is 11.3 Å². The molecule has 1 amide bonds. The zero-order valence-corrected chi connectivity index (χ0v) is 16.8. The van der Waals surface area contributed by atoms with Gasteiger partial charge in [-0.25, -0.2) is 4.99 Å². The average Bonchev–Trinajstić information content (AvgIpc) is 3.25. The number of aliphatic imine (C=N–C) groups is 1. The van der Waals surface area contributed by atoms with Crippen molar-refractivity contribution in [2.24, 2.45) is 10.7 Å². The highest BCUT2D eigenvalue weighted by Gasteiger charge is 2.24. The quantitative estimate of drug-likeness (QED) is 0.600. The summed E-state index contributed by atoms with van der Waals surface area (Å²) >= 11 is 1.58. The van der Waals surface area contributed by atoms with Gasteiger partial charge < -0.3 is 15.4 Å². The maximum absolute atomic E-state index is 12.5. The van der Waals surface area contributed by atoms with E-state index in [1.165, 1.54) is 5.56 Å². The van der Waals surface area contributed by atoms with Crippen molar-refractivity contribution in [2.75, 3.05) is 44.3 Å². The van der Waals surface area contributed by atoms with Crippen LogP contribution in [-0.4, -0.2) is 56.0 Å². The van der Waals surface area contributed by atoms with E-state index in [4.69, 9.17) is 10.5 Å². The molecule has 7 heteroatoms. The molecule has 28 heavy (non-hydrogen) atoms. The van der Waals surface area contributed by atoms with E-state index in [0.717, 1.165) is 68.5 Å². The first-order valence-corrected chi connectivity index (χ1v) is 10.7. The predicted octanol–water partition coefficient (Wildman–Crippen LogP) is 2.79. The molecule has 6 nitrogen and oxygen atoms in total. The zero-order chi connectivity index (χ0) is 19.3. The number of ether oxygens (including phenoxy) is 1. The number of carbonyl (C=O) groups is 1. The minimum Gasteiger partial charge on any atom is -0.383 e. The Kier molecular flexibility index (Phi) is 6.04.